The second-order valence-electron chi connectivity index (χ2n) is 16.4. The van der Waals surface area contributed by atoms with Crippen LogP contribution in [-0.4, -0.2) is 56.3 Å². The third-order valence-electron chi connectivity index (χ3n) is 12.1. The van der Waals surface area contributed by atoms with E-state index in [2.05, 4.69) is 61.8 Å². The zero-order valence-corrected chi connectivity index (χ0v) is 37.2. The smallest absolute Gasteiger partial charge is 0.271 e. The van der Waals surface area contributed by atoms with Gasteiger partial charge in [0.2, 0.25) is 0 Å². The summed E-state index contributed by atoms with van der Waals surface area (Å²) in [7, 11) is 0. The quantitative estimate of drug-likeness (QED) is 0.106. The maximum Gasteiger partial charge on any atom is 0.271 e. The van der Waals surface area contributed by atoms with Crippen LogP contribution in [-0.2, 0) is 32.3 Å². The van der Waals surface area contributed by atoms with Gasteiger partial charge in [0.15, 0.2) is 0 Å². The fourth-order valence-corrected chi connectivity index (χ4v) is 7.90. The Morgan fingerprint density at radius 1 is 0.548 bits per heavy atom. The fourth-order valence-electron chi connectivity index (χ4n) is 7.90. The molecular formula is C52H60N6O4. The van der Waals surface area contributed by atoms with Crippen LogP contribution in [0.5, 0.6) is 0 Å². The summed E-state index contributed by atoms with van der Waals surface area (Å²) < 4.78 is 0. The topological polar surface area (TPSA) is 129 Å². The van der Waals surface area contributed by atoms with Gasteiger partial charge in [0.1, 0.15) is 23.3 Å². The lowest BCUT2D eigenvalue weighted by molar-refractivity contribution is -0.142. The highest BCUT2D eigenvalue weighted by atomic mass is 16.2. The molecule has 0 spiro atoms. The molecule has 0 bridgehead atoms. The van der Waals surface area contributed by atoms with Gasteiger partial charge in [-0.15, -0.1) is 0 Å². The van der Waals surface area contributed by atoms with Crippen LogP contribution in [0.1, 0.15) is 104 Å². The highest BCUT2D eigenvalue weighted by Crippen LogP contribution is 2.30. The maximum atomic E-state index is 13.6. The van der Waals surface area contributed by atoms with Gasteiger partial charge in [-0.3, -0.25) is 29.0 Å². The van der Waals surface area contributed by atoms with E-state index in [4.69, 9.17) is 0 Å². The van der Waals surface area contributed by atoms with Crippen LogP contribution in [0, 0.1) is 34.5 Å². The molecule has 2 unspecified atom stereocenters. The summed E-state index contributed by atoms with van der Waals surface area (Å²) in [6.07, 6.45) is 30.7. The van der Waals surface area contributed by atoms with Gasteiger partial charge in [-0.05, 0) is 108 Å². The van der Waals surface area contributed by atoms with E-state index in [-0.39, 0.29) is 34.8 Å². The van der Waals surface area contributed by atoms with Crippen LogP contribution in [0.15, 0.2) is 142 Å². The molecule has 1 aromatic rings. The molecule has 4 aliphatic heterocycles. The molecule has 10 nitrogen and oxygen atoms in total. The number of carbonyl (C=O) groups is 4. The first-order valence-electron chi connectivity index (χ1n) is 22.1. The van der Waals surface area contributed by atoms with Crippen LogP contribution in [0.2, 0.25) is 0 Å². The zero-order valence-electron chi connectivity index (χ0n) is 37.2. The van der Waals surface area contributed by atoms with E-state index >= 15 is 0 Å². The summed E-state index contributed by atoms with van der Waals surface area (Å²) in [5.74, 6) is -1.30. The second kappa shape index (κ2) is 22.4. The van der Waals surface area contributed by atoms with Crippen LogP contribution in [0.4, 0.5) is 0 Å². The van der Waals surface area contributed by atoms with E-state index in [0.717, 1.165) is 73.6 Å². The molecule has 4 aliphatic rings. The van der Waals surface area contributed by atoms with Crippen LogP contribution >= 0.6 is 0 Å². The minimum atomic E-state index is -0.501. The summed E-state index contributed by atoms with van der Waals surface area (Å²) in [5, 5.41) is 19.6. The van der Waals surface area contributed by atoms with Gasteiger partial charge in [0.05, 0.1) is 0 Å². The summed E-state index contributed by atoms with van der Waals surface area (Å²) >= 11 is 0. The normalized spacial score (nSPS) is 19.0. The number of amides is 4. The van der Waals surface area contributed by atoms with Gasteiger partial charge in [-0.25, -0.2) is 0 Å². The third-order valence-corrected chi connectivity index (χ3v) is 12.1. The first-order valence-corrected chi connectivity index (χ1v) is 22.1. The van der Waals surface area contributed by atoms with Crippen molar-refractivity contribution in [3.63, 3.8) is 0 Å². The van der Waals surface area contributed by atoms with E-state index in [9.17, 15) is 29.7 Å². The summed E-state index contributed by atoms with van der Waals surface area (Å²) in [6, 6.07) is 12.5. The molecule has 0 N–H and O–H groups in total. The van der Waals surface area contributed by atoms with Crippen molar-refractivity contribution in [1.82, 2.24) is 19.6 Å². The second-order valence-corrected chi connectivity index (χ2v) is 16.4. The predicted molar refractivity (Wildman–Crippen MR) is 243 cm³/mol. The molecule has 0 saturated carbocycles. The molecule has 4 amide bonds. The SMILES string of the molecule is CCCCC(CC)CN1C(=O)C(C#N)=C(C)/C(=C/C=C2C=CN(Cc3ccc(CN4C=CC(=C/C=C5\C(=O)N(CC(CC)CCCC)C(=O)C(C#N)=C5C)C=C4)cc3)C=C2)C1=O. The molecule has 0 radical (unpaired) electrons. The number of allylic oxidation sites excluding steroid dienone is 10. The van der Waals surface area contributed by atoms with Crippen LogP contribution < -0.4 is 0 Å². The summed E-state index contributed by atoms with van der Waals surface area (Å²) in [5.41, 5.74) is 5.67. The molecule has 322 valence electrons. The first-order chi connectivity index (χ1) is 30.0. The van der Waals surface area contributed by atoms with Crippen molar-refractivity contribution in [2.45, 2.75) is 106 Å². The van der Waals surface area contributed by atoms with Crippen molar-refractivity contribution in [2.75, 3.05) is 13.1 Å². The molecule has 62 heavy (non-hydrogen) atoms. The first kappa shape index (κ1) is 46.5. The van der Waals surface area contributed by atoms with Crippen LogP contribution in [0.25, 0.3) is 0 Å². The Bertz CT molecular complexity index is 2110. The number of unbranched alkanes of at least 4 members (excludes halogenated alkanes) is 2. The molecule has 1 aromatic carbocycles. The number of rotatable bonds is 18. The molecule has 0 aromatic heterocycles. The molecule has 2 atom stereocenters. The van der Waals surface area contributed by atoms with E-state index in [1.807, 2.05) is 73.4 Å². The number of hydrogen-bond donors (Lipinski definition) is 0. The van der Waals surface area contributed by atoms with Crippen molar-refractivity contribution in [3.05, 3.63) is 153 Å². The van der Waals surface area contributed by atoms with Crippen molar-refractivity contribution in [3.8, 4) is 12.1 Å². The predicted octanol–water partition coefficient (Wildman–Crippen LogP) is 9.93. The van der Waals surface area contributed by atoms with Gasteiger partial charge >= 0.3 is 0 Å². The van der Waals surface area contributed by atoms with Gasteiger partial charge in [0, 0.05) is 62.1 Å². The number of benzene rings is 1. The van der Waals surface area contributed by atoms with E-state index in [1.54, 1.807) is 26.0 Å². The maximum absolute atomic E-state index is 13.6. The Balaban J connectivity index is 1.17. The lowest BCUT2D eigenvalue weighted by Gasteiger charge is -2.30. The number of hydrogen-bond acceptors (Lipinski definition) is 8. The number of nitriles is 2. The minimum absolute atomic E-state index is 0.0240. The lowest BCUT2D eigenvalue weighted by Crippen LogP contribution is -2.45. The standard InChI is InChI=1S/C52H60N6O4/c1-7-11-13-39(9-3)35-57-49(59)45(37(5)47(31-53)51(57)61)21-19-41-23-27-55(28-24-41)33-43-15-17-44(18-16-43)34-56-29-25-42(26-30-56)20-22-46-38(6)48(32-54)52(62)58(50(46)60)36-40(10-4)14-12-8-2/h15-30,39-40H,7-14,33-36H2,1-6H3/b45-21-,46-22-. The Labute approximate surface area is 368 Å². The molecular weight excluding hydrogens is 773 g/mol. The number of imide groups is 2. The van der Waals surface area contributed by atoms with Crippen molar-refractivity contribution in [2.24, 2.45) is 11.8 Å². The Morgan fingerprint density at radius 2 is 0.903 bits per heavy atom. The van der Waals surface area contributed by atoms with Crippen molar-refractivity contribution in [1.29, 1.82) is 10.5 Å². The summed E-state index contributed by atoms with van der Waals surface area (Å²) in [4.78, 5) is 60.1. The Hall–Kier alpha value is -6.52. The van der Waals surface area contributed by atoms with E-state index in [1.165, 1.54) is 9.80 Å². The van der Waals surface area contributed by atoms with Crippen molar-refractivity contribution >= 4 is 23.6 Å². The highest BCUT2D eigenvalue weighted by molar-refractivity contribution is 6.19. The minimum Gasteiger partial charge on any atom is -0.350 e. The average Bonchev–Trinajstić information content (AvgIpc) is 3.28. The molecule has 0 saturated heterocycles. The number of carbonyl (C=O) groups excluding carboxylic acids is 4. The average molecular weight is 833 g/mol. The van der Waals surface area contributed by atoms with E-state index < -0.39 is 11.8 Å². The van der Waals surface area contributed by atoms with Gasteiger partial charge in [-0.1, -0.05) is 103 Å². The van der Waals surface area contributed by atoms with Crippen LogP contribution in [0.3, 0.4) is 0 Å². The van der Waals surface area contributed by atoms with Crippen molar-refractivity contribution < 1.29 is 19.2 Å². The van der Waals surface area contributed by atoms with E-state index in [0.29, 0.717) is 48.5 Å². The van der Waals surface area contributed by atoms with Gasteiger partial charge < -0.3 is 9.80 Å². The monoisotopic (exact) mass is 832 g/mol. The fraction of sp³-hybridized carbons (Fsp3) is 0.385. The largest absolute Gasteiger partial charge is 0.350 e. The van der Waals surface area contributed by atoms with Gasteiger partial charge in [-0.2, -0.15) is 10.5 Å². The lowest BCUT2D eigenvalue weighted by atomic mass is 9.92. The Kier molecular flexibility index (Phi) is 16.8. The number of nitrogens with zero attached hydrogens (tertiary/aromatic N) is 6. The Morgan fingerprint density at radius 3 is 1.21 bits per heavy atom. The molecule has 5 rings (SSSR count). The molecule has 4 heterocycles. The highest BCUT2D eigenvalue weighted by Gasteiger charge is 2.37. The zero-order chi connectivity index (χ0) is 44.8. The molecule has 10 heteroatoms. The van der Waals surface area contributed by atoms with Gasteiger partial charge in [0.25, 0.3) is 23.6 Å². The molecule has 0 fully saturated rings. The summed E-state index contributed by atoms with van der Waals surface area (Å²) in [6.45, 7) is 13.7. The molecule has 0 aliphatic carbocycles. The third kappa shape index (κ3) is 11.4.